The molecule has 0 unspecified atom stereocenters. The first-order chi connectivity index (χ1) is 20.4. The molecule has 2 atom stereocenters. The lowest BCUT2D eigenvalue weighted by atomic mass is 9.82. The van der Waals surface area contributed by atoms with Crippen LogP contribution in [0.2, 0.25) is 0 Å². The first-order valence-corrected chi connectivity index (χ1v) is 15.1. The van der Waals surface area contributed by atoms with Crippen molar-refractivity contribution in [2.24, 2.45) is 4.99 Å². The predicted molar refractivity (Wildman–Crippen MR) is 167 cm³/mol. The number of hydrogen-bond acceptors (Lipinski definition) is 5. The highest BCUT2D eigenvalue weighted by Gasteiger charge is 2.54. The Morgan fingerprint density at radius 2 is 1.60 bits per heavy atom. The van der Waals surface area contributed by atoms with Crippen molar-refractivity contribution in [3.05, 3.63) is 134 Å². The maximum atomic E-state index is 14.5. The highest BCUT2D eigenvalue weighted by atomic mass is 79.9. The normalized spacial score (nSPS) is 17.8. The molecule has 1 amide bonds. The second kappa shape index (κ2) is 13.6. The van der Waals surface area contributed by atoms with E-state index in [0.29, 0.717) is 35.8 Å². The minimum Gasteiger partial charge on any atom is -0.494 e. The minimum absolute atomic E-state index is 0.00335. The van der Waals surface area contributed by atoms with E-state index in [2.05, 4.69) is 37.2 Å². The molecule has 4 aromatic rings. The summed E-state index contributed by atoms with van der Waals surface area (Å²) in [5.41, 5.74) is 1.26. The van der Waals surface area contributed by atoms with Crippen molar-refractivity contribution in [3.63, 3.8) is 0 Å². The first-order valence-electron chi connectivity index (χ1n) is 13.5. The summed E-state index contributed by atoms with van der Waals surface area (Å²) < 4.78 is 28.3. The van der Waals surface area contributed by atoms with E-state index in [1.165, 1.54) is 6.07 Å². The van der Waals surface area contributed by atoms with E-state index >= 15 is 0 Å². The summed E-state index contributed by atoms with van der Waals surface area (Å²) in [5.74, 6) is 0.176. The van der Waals surface area contributed by atoms with Gasteiger partial charge in [0.15, 0.2) is 11.6 Å². The van der Waals surface area contributed by atoms with Crippen molar-refractivity contribution < 1.29 is 23.8 Å². The summed E-state index contributed by atoms with van der Waals surface area (Å²) in [7, 11) is 0. The van der Waals surface area contributed by atoms with Crippen molar-refractivity contribution in [2.75, 3.05) is 13.2 Å². The van der Waals surface area contributed by atoms with Crippen molar-refractivity contribution in [2.45, 2.75) is 31.0 Å². The third-order valence-electron chi connectivity index (χ3n) is 7.03. The largest absolute Gasteiger partial charge is 0.494 e. The van der Waals surface area contributed by atoms with Gasteiger partial charge in [-0.1, -0.05) is 86.5 Å². The number of halogens is 3. The number of ether oxygens (including phenoxy) is 2. The lowest BCUT2D eigenvalue weighted by molar-refractivity contribution is -0.129. The van der Waals surface area contributed by atoms with E-state index in [1.54, 1.807) is 30.3 Å². The van der Waals surface area contributed by atoms with E-state index < -0.39 is 17.5 Å². The molecule has 42 heavy (non-hydrogen) atoms. The molecule has 5 rings (SSSR count). The summed E-state index contributed by atoms with van der Waals surface area (Å²) in [6.07, 6.45) is -0.0450. The molecule has 1 aliphatic heterocycles. The van der Waals surface area contributed by atoms with Gasteiger partial charge in [-0.05, 0) is 48.0 Å². The van der Waals surface area contributed by atoms with Crippen LogP contribution in [0.3, 0.4) is 0 Å². The fourth-order valence-electron chi connectivity index (χ4n) is 4.85. The average Bonchev–Trinajstić information content (AvgIpc) is 3.38. The smallest absolute Gasteiger partial charge is 0.252 e. The maximum absolute atomic E-state index is 14.5. The molecular formula is C33H29Br2FN2O4. The number of hydrogen-bond donors (Lipinski definition) is 2. The molecule has 0 spiro atoms. The number of nitrogens with zero attached hydrogens (tertiary/aromatic N) is 1. The van der Waals surface area contributed by atoms with E-state index in [4.69, 9.17) is 19.6 Å². The molecule has 0 saturated heterocycles. The Kier molecular flexibility index (Phi) is 9.72. The number of rotatable bonds is 11. The lowest BCUT2D eigenvalue weighted by Gasteiger charge is -2.31. The summed E-state index contributed by atoms with van der Waals surface area (Å²) in [6, 6.07) is 28.9. The number of nitrogens with one attached hydrogen (secondary N) is 1. The Bertz CT molecular complexity index is 1580. The van der Waals surface area contributed by atoms with E-state index in [1.807, 2.05) is 60.7 Å². The highest BCUT2D eigenvalue weighted by Crippen LogP contribution is 2.45. The second-order valence-corrected chi connectivity index (χ2v) is 11.6. The van der Waals surface area contributed by atoms with Crippen LogP contribution in [0.15, 0.2) is 111 Å². The van der Waals surface area contributed by atoms with Crippen LogP contribution < -0.4 is 10.1 Å². The molecule has 2 N–H and O–H groups in total. The van der Waals surface area contributed by atoms with Gasteiger partial charge in [-0.3, -0.25) is 4.79 Å². The van der Waals surface area contributed by atoms with Gasteiger partial charge in [-0.2, -0.15) is 0 Å². The zero-order valence-corrected chi connectivity index (χ0v) is 25.8. The number of aliphatic hydroxyl groups is 1. The first kappa shape index (κ1) is 29.9. The van der Waals surface area contributed by atoms with Crippen LogP contribution in [0.25, 0.3) is 0 Å². The number of benzene rings is 4. The van der Waals surface area contributed by atoms with E-state index in [0.717, 1.165) is 20.1 Å². The summed E-state index contributed by atoms with van der Waals surface area (Å²) in [5, 5.41) is 12.0. The van der Waals surface area contributed by atoms with Crippen LogP contribution in [-0.4, -0.2) is 35.7 Å². The fraction of sp³-hybridized carbons (Fsp3) is 0.212. The Balaban J connectivity index is 1.58. The van der Waals surface area contributed by atoms with Gasteiger partial charge >= 0.3 is 0 Å². The monoisotopic (exact) mass is 694 g/mol. The van der Waals surface area contributed by atoms with Crippen LogP contribution in [0, 0.1) is 5.82 Å². The summed E-state index contributed by atoms with van der Waals surface area (Å²) >= 11 is 7.29. The van der Waals surface area contributed by atoms with Gasteiger partial charge in [0, 0.05) is 51.6 Å². The fourth-order valence-corrected chi connectivity index (χ4v) is 5.77. The zero-order chi connectivity index (χ0) is 29.5. The van der Waals surface area contributed by atoms with Gasteiger partial charge < -0.3 is 19.9 Å². The number of carbonyl (C=O) groups excluding carboxylic acids is 1. The third-order valence-corrected chi connectivity index (χ3v) is 8.53. The molecule has 1 aliphatic rings. The van der Waals surface area contributed by atoms with Crippen molar-refractivity contribution in [1.82, 2.24) is 5.32 Å². The standard InChI is InChI=1S/C33H29Br2FN2O4/c34-27-11-4-1-8-23(27)20-33(32(40)37-21-24-9-2-6-13-29(24)36)30(26-10-3-5-12-28(26)35)42-31(38-33)22-14-16-25(17-15-22)41-19-7-18-39/h1-6,8-17,30,39H,7,18-21H2,(H,37,40)/t30-,33-/m1/s1. The molecular weight excluding hydrogens is 667 g/mol. The average molecular weight is 696 g/mol. The van der Waals surface area contributed by atoms with Gasteiger partial charge in [0.1, 0.15) is 11.6 Å². The predicted octanol–water partition coefficient (Wildman–Crippen LogP) is 6.93. The van der Waals surface area contributed by atoms with Gasteiger partial charge in [0.05, 0.1) is 6.61 Å². The lowest BCUT2D eigenvalue weighted by Crippen LogP contribution is -2.50. The number of aliphatic hydroxyl groups excluding tert-OH is 1. The molecule has 0 radical (unpaired) electrons. The number of carbonyl (C=O) groups is 1. The second-order valence-electron chi connectivity index (χ2n) is 9.85. The zero-order valence-electron chi connectivity index (χ0n) is 22.6. The van der Waals surface area contributed by atoms with Gasteiger partial charge in [-0.25, -0.2) is 9.38 Å². The van der Waals surface area contributed by atoms with Gasteiger partial charge in [-0.15, -0.1) is 0 Å². The van der Waals surface area contributed by atoms with Crippen molar-refractivity contribution in [3.8, 4) is 5.75 Å². The molecule has 0 bridgehead atoms. The molecule has 0 aromatic heterocycles. The molecule has 4 aromatic carbocycles. The quantitative estimate of drug-likeness (QED) is 0.167. The molecule has 0 fully saturated rings. The van der Waals surface area contributed by atoms with Gasteiger partial charge in [0.2, 0.25) is 5.90 Å². The third kappa shape index (κ3) is 6.59. The van der Waals surface area contributed by atoms with Crippen LogP contribution in [0.4, 0.5) is 4.39 Å². The Labute approximate surface area is 260 Å². The van der Waals surface area contributed by atoms with E-state index in [-0.39, 0.29) is 25.5 Å². The van der Waals surface area contributed by atoms with Crippen molar-refractivity contribution >= 4 is 43.7 Å². The Hall–Kier alpha value is -3.53. The van der Waals surface area contributed by atoms with Crippen LogP contribution in [0.5, 0.6) is 5.75 Å². The van der Waals surface area contributed by atoms with Crippen LogP contribution >= 0.6 is 31.9 Å². The van der Waals surface area contributed by atoms with Gasteiger partial charge in [0.25, 0.3) is 5.91 Å². The summed E-state index contributed by atoms with van der Waals surface area (Å²) in [6.45, 7) is 0.447. The molecule has 216 valence electrons. The topological polar surface area (TPSA) is 80.2 Å². The molecule has 0 saturated carbocycles. The maximum Gasteiger partial charge on any atom is 0.252 e. The highest BCUT2D eigenvalue weighted by molar-refractivity contribution is 9.10. The minimum atomic E-state index is -1.43. The Morgan fingerprint density at radius 3 is 2.29 bits per heavy atom. The van der Waals surface area contributed by atoms with Crippen LogP contribution in [-0.2, 0) is 22.5 Å². The SMILES string of the molecule is O=C(NCc1ccccc1F)[C@]1(Cc2ccccc2Br)N=C(c2ccc(OCCCO)cc2)O[C@@H]1c1ccccc1Br. The number of aliphatic imine (C=N–C) groups is 1. The molecule has 1 heterocycles. The number of amides is 1. The molecule has 6 nitrogen and oxygen atoms in total. The summed E-state index contributed by atoms with van der Waals surface area (Å²) in [4.78, 5) is 19.4. The Morgan fingerprint density at radius 1 is 0.929 bits per heavy atom. The van der Waals surface area contributed by atoms with Crippen molar-refractivity contribution in [1.29, 1.82) is 0 Å². The van der Waals surface area contributed by atoms with E-state index in [9.17, 15) is 9.18 Å². The van der Waals surface area contributed by atoms with Crippen LogP contribution in [0.1, 0.15) is 34.8 Å². The molecule has 0 aliphatic carbocycles. The molecule has 9 heteroatoms.